The quantitative estimate of drug-likeness (QED) is 0.370. The largest absolute Gasteiger partial charge is 0.409 e. The summed E-state index contributed by atoms with van der Waals surface area (Å²) >= 11 is 0. The fourth-order valence-corrected chi connectivity index (χ4v) is 2.44. The van der Waals surface area contributed by atoms with Crippen molar-refractivity contribution in [1.29, 1.82) is 0 Å². The third-order valence-corrected chi connectivity index (χ3v) is 3.58. The summed E-state index contributed by atoms with van der Waals surface area (Å²) in [5.74, 6) is 0.268. The number of benzene rings is 1. The molecule has 112 valence electrons. The van der Waals surface area contributed by atoms with E-state index in [-0.39, 0.29) is 5.84 Å². The molecule has 0 unspecified atom stereocenters. The van der Waals surface area contributed by atoms with Crippen LogP contribution in [0.3, 0.4) is 0 Å². The van der Waals surface area contributed by atoms with Gasteiger partial charge in [0.1, 0.15) is 5.84 Å². The first kappa shape index (κ1) is 15.3. The minimum atomic E-state index is 0.268. The molecule has 0 radical (unpaired) electrons. The molecule has 1 heterocycles. The molecule has 0 saturated carbocycles. The summed E-state index contributed by atoms with van der Waals surface area (Å²) in [6, 6.07) is 10.3. The minimum absolute atomic E-state index is 0.268. The fraction of sp³-hybridized carbons (Fsp3) is 0.375. The molecule has 5 heteroatoms. The van der Waals surface area contributed by atoms with Gasteiger partial charge in [-0.15, -0.1) is 0 Å². The highest BCUT2D eigenvalue weighted by atomic mass is 16.4. The van der Waals surface area contributed by atoms with Crippen molar-refractivity contribution in [3.8, 4) is 0 Å². The summed E-state index contributed by atoms with van der Waals surface area (Å²) in [4.78, 5) is 6.84. The fourth-order valence-electron chi connectivity index (χ4n) is 2.44. The number of rotatable bonds is 6. The number of nitrogens with two attached hydrogens (primary N) is 1. The van der Waals surface area contributed by atoms with Crippen LogP contribution in [0.2, 0.25) is 0 Å². The van der Waals surface area contributed by atoms with Gasteiger partial charge < -0.3 is 10.9 Å². The van der Waals surface area contributed by atoms with Crippen molar-refractivity contribution in [2.75, 3.05) is 13.1 Å². The Balaban J connectivity index is 2.21. The molecule has 0 saturated heterocycles. The summed E-state index contributed by atoms with van der Waals surface area (Å²) in [5.41, 5.74) is 8.86. The lowest BCUT2D eigenvalue weighted by Crippen LogP contribution is -2.28. The van der Waals surface area contributed by atoms with Crippen LogP contribution in [0.4, 0.5) is 0 Å². The standard InChI is InChI=1S/C16H22N4O/c1-3-20(9-8-16(17)19-21)11-13-10-12(2)18-15-7-5-4-6-14(13)15/h4-7,10,21H,3,8-9,11H2,1-2H3,(H2,17,19). The number of hydrogen-bond acceptors (Lipinski definition) is 4. The Hall–Kier alpha value is -2.14. The SMILES string of the molecule is CCN(CCC(N)=NO)Cc1cc(C)nc2ccccc12. The summed E-state index contributed by atoms with van der Waals surface area (Å²) in [6.07, 6.45) is 0.562. The first-order chi connectivity index (χ1) is 10.1. The predicted molar refractivity (Wildman–Crippen MR) is 85.5 cm³/mol. The van der Waals surface area contributed by atoms with Crippen molar-refractivity contribution in [2.45, 2.75) is 26.8 Å². The monoisotopic (exact) mass is 286 g/mol. The maximum absolute atomic E-state index is 8.62. The van der Waals surface area contributed by atoms with E-state index in [0.29, 0.717) is 6.42 Å². The Morgan fingerprint density at radius 1 is 1.38 bits per heavy atom. The van der Waals surface area contributed by atoms with Crippen LogP contribution in [0.5, 0.6) is 0 Å². The van der Waals surface area contributed by atoms with Crippen LogP contribution < -0.4 is 5.73 Å². The molecule has 0 atom stereocenters. The van der Waals surface area contributed by atoms with Gasteiger partial charge in [-0.3, -0.25) is 9.88 Å². The second kappa shape index (κ2) is 7.04. The molecular weight excluding hydrogens is 264 g/mol. The van der Waals surface area contributed by atoms with Crippen LogP contribution in [-0.2, 0) is 6.54 Å². The van der Waals surface area contributed by atoms with Crippen LogP contribution in [0.15, 0.2) is 35.5 Å². The second-order valence-electron chi connectivity index (χ2n) is 5.15. The van der Waals surface area contributed by atoms with Crippen molar-refractivity contribution in [3.63, 3.8) is 0 Å². The number of pyridine rings is 1. The summed E-state index contributed by atoms with van der Waals surface area (Å²) in [5, 5.41) is 12.8. The smallest absolute Gasteiger partial charge is 0.140 e. The van der Waals surface area contributed by atoms with E-state index in [4.69, 9.17) is 10.9 Å². The van der Waals surface area contributed by atoms with Crippen LogP contribution in [0.1, 0.15) is 24.6 Å². The Morgan fingerprint density at radius 3 is 2.86 bits per heavy atom. The van der Waals surface area contributed by atoms with E-state index in [0.717, 1.165) is 30.8 Å². The van der Waals surface area contributed by atoms with Crippen molar-refractivity contribution < 1.29 is 5.21 Å². The third-order valence-electron chi connectivity index (χ3n) is 3.58. The number of fused-ring (bicyclic) bond motifs is 1. The zero-order chi connectivity index (χ0) is 15.2. The van der Waals surface area contributed by atoms with Gasteiger partial charge >= 0.3 is 0 Å². The van der Waals surface area contributed by atoms with Crippen LogP contribution >= 0.6 is 0 Å². The number of para-hydroxylation sites is 1. The Bertz CT molecular complexity index is 639. The number of nitrogens with zero attached hydrogens (tertiary/aromatic N) is 3. The molecule has 0 bridgehead atoms. The number of aryl methyl sites for hydroxylation is 1. The average molecular weight is 286 g/mol. The molecule has 0 aliphatic carbocycles. The van der Waals surface area contributed by atoms with Gasteiger partial charge in [0, 0.05) is 30.6 Å². The molecule has 2 aromatic rings. The lowest BCUT2D eigenvalue weighted by atomic mass is 10.1. The average Bonchev–Trinajstić information content (AvgIpc) is 2.50. The highest BCUT2D eigenvalue weighted by Crippen LogP contribution is 2.19. The molecule has 1 aromatic carbocycles. The molecule has 0 amide bonds. The van der Waals surface area contributed by atoms with Gasteiger partial charge in [-0.25, -0.2) is 0 Å². The van der Waals surface area contributed by atoms with Gasteiger partial charge in [0.2, 0.25) is 0 Å². The molecule has 0 fully saturated rings. The Morgan fingerprint density at radius 2 is 2.14 bits per heavy atom. The molecule has 0 spiro atoms. The highest BCUT2D eigenvalue weighted by Gasteiger charge is 2.09. The maximum atomic E-state index is 8.62. The summed E-state index contributed by atoms with van der Waals surface area (Å²) in [7, 11) is 0. The number of oxime groups is 1. The topological polar surface area (TPSA) is 74.7 Å². The van der Waals surface area contributed by atoms with Crippen LogP contribution in [0, 0.1) is 6.92 Å². The number of aromatic nitrogens is 1. The van der Waals surface area contributed by atoms with Gasteiger partial charge in [-0.2, -0.15) is 0 Å². The van der Waals surface area contributed by atoms with E-state index in [9.17, 15) is 0 Å². The lowest BCUT2D eigenvalue weighted by molar-refractivity contribution is 0.284. The van der Waals surface area contributed by atoms with Crippen molar-refractivity contribution in [1.82, 2.24) is 9.88 Å². The molecule has 0 aliphatic heterocycles. The molecule has 0 aliphatic rings. The first-order valence-electron chi connectivity index (χ1n) is 7.18. The molecule has 5 nitrogen and oxygen atoms in total. The summed E-state index contributed by atoms with van der Waals surface area (Å²) < 4.78 is 0. The van der Waals surface area contributed by atoms with E-state index in [1.807, 2.05) is 25.1 Å². The van der Waals surface area contributed by atoms with Crippen molar-refractivity contribution in [3.05, 3.63) is 41.6 Å². The molecule has 3 N–H and O–H groups in total. The molecule has 2 rings (SSSR count). The zero-order valence-electron chi connectivity index (χ0n) is 12.6. The van der Waals surface area contributed by atoms with Gasteiger partial charge in [-0.1, -0.05) is 30.3 Å². The Labute approximate surface area is 125 Å². The van der Waals surface area contributed by atoms with Crippen LogP contribution in [-0.4, -0.2) is 34.0 Å². The summed E-state index contributed by atoms with van der Waals surface area (Å²) in [6.45, 7) is 6.64. The highest BCUT2D eigenvalue weighted by molar-refractivity contribution is 5.82. The van der Waals surface area contributed by atoms with Gasteiger partial charge in [0.05, 0.1) is 5.52 Å². The number of amidine groups is 1. The van der Waals surface area contributed by atoms with E-state index in [1.165, 1.54) is 10.9 Å². The van der Waals surface area contributed by atoms with E-state index in [1.54, 1.807) is 0 Å². The van der Waals surface area contributed by atoms with Crippen LogP contribution in [0.25, 0.3) is 10.9 Å². The Kier molecular flexibility index (Phi) is 5.11. The second-order valence-corrected chi connectivity index (χ2v) is 5.15. The van der Waals surface area contributed by atoms with Crippen molar-refractivity contribution in [2.24, 2.45) is 10.9 Å². The molecule has 1 aromatic heterocycles. The molecular formula is C16H22N4O. The first-order valence-corrected chi connectivity index (χ1v) is 7.18. The third kappa shape index (κ3) is 3.92. The lowest BCUT2D eigenvalue weighted by Gasteiger charge is -2.21. The van der Waals surface area contributed by atoms with E-state index < -0.39 is 0 Å². The number of hydrogen-bond donors (Lipinski definition) is 2. The molecule has 21 heavy (non-hydrogen) atoms. The zero-order valence-corrected chi connectivity index (χ0v) is 12.6. The van der Waals surface area contributed by atoms with E-state index >= 15 is 0 Å². The maximum Gasteiger partial charge on any atom is 0.140 e. The predicted octanol–water partition coefficient (Wildman–Crippen LogP) is 2.50. The minimum Gasteiger partial charge on any atom is -0.409 e. The van der Waals surface area contributed by atoms with Gasteiger partial charge in [0.15, 0.2) is 0 Å². The van der Waals surface area contributed by atoms with Gasteiger partial charge in [-0.05, 0) is 31.2 Å². The van der Waals surface area contributed by atoms with E-state index in [2.05, 4.69) is 34.1 Å². The van der Waals surface area contributed by atoms with Crippen molar-refractivity contribution >= 4 is 16.7 Å². The normalized spacial score (nSPS) is 12.2. The van der Waals surface area contributed by atoms with Gasteiger partial charge in [0.25, 0.3) is 0 Å².